The van der Waals surface area contributed by atoms with Gasteiger partial charge in [0.1, 0.15) is 11.5 Å². The highest BCUT2D eigenvalue weighted by atomic mass is 16.3. The SMILES string of the molecule is CCC1CN(C)CCCN1Cc1ccc(CN)o1. The Bertz CT molecular complexity index is 364. The fourth-order valence-electron chi connectivity index (χ4n) is 2.71. The summed E-state index contributed by atoms with van der Waals surface area (Å²) in [5.74, 6) is 1.92. The minimum Gasteiger partial charge on any atom is -0.463 e. The van der Waals surface area contributed by atoms with Crippen molar-refractivity contribution >= 4 is 0 Å². The van der Waals surface area contributed by atoms with E-state index in [-0.39, 0.29) is 0 Å². The van der Waals surface area contributed by atoms with Crippen LogP contribution in [0.25, 0.3) is 0 Å². The van der Waals surface area contributed by atoms with Crippen LogP contribution in [0.15, 0.2) is 16.5 Å². The van der Waals surface area contributed by atoms with E-state index in [2.05, 4.69) is 29.8 Å². The Hall–Kier alpha value is -0.840. The van der Waals surface area contributed by atoms with Gasteiger partial charge in [0.15, 0.2) is 0 Å². The number of furan rings is 1. The highest BCUT2D eigenvalue weighted by molar-refractivity contribution is 5.07. The predicted octanol–water partition coefficient (Wildman–Crippen LogP) is 1.65. The van der Waals surface area contributed by atoms with Gasteiger partial charge in [-0.2, -0.15) is 0 Å². The van der Waals surface area contributed by atoms with Gasteiger partial charge in [0, 0.05) is 19.1 Å². The van der Waals surface area contributed by atoms with E-state index in [9.17, 15) is 0 Å². The van der Waals surface area contributed by atoms with E-state index in [0.717, 1.165) is 31.2 Å². The van der Waals surface area contributed by atoms with Crippen molar-refractivity contribution in [1.82, 2.24) is 9.80 Å². The zero-order chi connectivity index (χ0) is 13.0. The van der Waals surface area contributed by atoms with Gasteiger partial charge in [-0.05, 0) is 38.6 Å². The van der Waals surface area contributed by atoms with E-state index in [1.807, 2.05) is 6.07 Å². The second-order valence-corrected chi connectivity index (χ2v) is 5.22. The fraction of sp³-hybridized carbons (Fsp3) is 0.714. The number of hydrogen-bond donors (Lipinski definition) is 1. The quantitative estimate of drug-likeness (QED) is 0.884. The van der Waals surface area contributed by atoms with Crippen LogP contribution in [0.1, 0.15) is 31.3 Å². The Balaban J connectivity index is 2.01. The van der Waals surface area contributed by atoms with Crippen LogP contribution in [0.4, 0.5) is 0 Å². The molecule has 0 radical (unpaired) electrons. The van der Waals surface area contributed by atoms with Gasteiger partial charge in [0.05, 0.1) is 13.1 Å². The summed E-state index contributed by atoms with van der Waals surface area (Å²) in [6, 6.07) is 4.67. The first kappa shape index (κ1) is 13.6. The summed E-state index contributed by atoms with van der Waals surface area (Å²) in [5, 5.41) is 0. The van der Waals surface area contributed by atoms with Crippen LogP contribution < -0.4 is 5.73 Å². The largest absolute Gasteiger partial charge is 0.463 e. The van der Waals surface area contributed by atoms with E-state index >= 15 is 0 Å². The predicted molar refractivity (Wildman–Crippen MR) is 73.2 cm³/mol. The van der Waals surface area contributed by atoms with Crippen LogP contribution in [0.2, 0.25) is 0 Å². The van der Waals surface area contributed by atoms with Crippen LogP contribution in [-0.4, -0.2) is 42.5 Å². The van der Waals surface area contributed by atoms with E-state index < -0.39 is 0 Å². The molecule has 0 bridgehead atoms. The molecule has 1 aliphatic rings. The summed E-state index contributed by atoms with van der Waals surface area (Å²) < 4.78 is 5.72. The van der Waals surface area contributed by atoms with E-state index in [4.69, 9.17) is 10.2 Å². The lowest BCUT2D eigenvalue weighted by Crippen LogP contribution is -2.39. The first-order valence-electron chi connectivity index (χ1n) is 6.93. The number of rotatable bonds is 4. The van der Waals surface area contributed by atoms with E-state index in [1.165, 1.54) is 19.4 Å². The maximum absolute atomic E-state index is 5.72. The third-order valence-electron chi connectivity index (χ3n) is 3.77. The average Bonchev–Trinajstić information content (AvgIpc) is 2.74. The Kier molecular flexibility index (Phi) is 4.80. The molecular formula is C14H25N3O. The summed E-state index contributed by atoms with van der Waals surface area (Å²) in [5.41, 5.74) is 5.58. The minimum absolute atomic E-state index is 0.486. The fourth-order valence-corrected chi connectivity index (χ4v) is 2.71. The molecule has 1 aromatic rings. The summed E-state index contributed by atoms with van der Waals surface area (Å²) in [4.78, 5) is 4.98. The molecule has 2 N–H and O–H groups in total. The summed E-state index contributed by atoms with van der Waals surface area (Å²) >= 11 is 0. The van der Waals surface area contributed by atoms with Crippen molar-refractivity contribution in [2.24, 2.45) is 5.73 Å². The van der Waals surface area contributed by atoms with Gasteiger partial charge in [-0.15, -0.1) is 0 Å². The van der Waals surface area contributed by atoms with Gasteiger partial charge >= 0.3 is 0 Å². The second kappa shape index (κ2) is 6.36. The second-order valence-electron chi connectivity index (χ2n) is 5.22. The molecule has 0 aliphatic carbocycles. The molecule has 102 valence electrons. The number of nitrogens with zero attached hydrogens (tertiary/aromatic N) is 2. The van der Waals surface area contributed by atoms with Crippen LogP contribution in [-0.2, 0) is 13.1 Å². The molecule has 1 unspecified atom stereocenters. The van der Waals surface area contributed by atoms with Crippen molar-refractivity contribution in [3.05, 3.63) is 23.7 Å². The topological polar surface area (TPSA) is 45.6 Å². The van der Waals surface area contributed by atoms with Gasteiger partial charge in [0.25, 0.3) is 0 Å². The molecule has 4 nitrogen and oxygen atoms in total. The molecule has 1 fully saturated rings. The van der Waals surface area contributed by atoms with Crippen molar-refractivity contribution < 1.29 is 4.42 Å². The summed E-state index contributed by atoms with van der Waals surface area (Å²) in [6.07, 6.45) is 2.42. The van der Waals surface area contributed by atoms with Gasteiger partial charge in [-0.3, -0.25) is 4.90 Å². The Labute approximate surface area is 110 Å². The lowest BCUT2D eigenvalue weighted by Gasteiger charge is -2.29. The van der Waals surface area contributed by atoms with Crippen molar-refractivity contribution in [3.8, 4) is 0 Å². The Morgan fingerprint density at radius 2 is 2.11 bits per heavy atom. The molecule has 0 saturated carbocycles. The molecule has 2 rings (SSSR count). The van der Waals surface area contributed by atoms with Crippen molar-refractivity contribution in [1.29, 1.82) is 0 Å². The van der Waals surface area contributed by atoms with Gasteiger partial charge in [-0.25, -0.2) is 0 Å². The number of hydrogen-bond acceptors (Lipinski definition) is 4. The molecule has 1 aliphatic heterocycles. The highest BCUT2D eigenvalue weighted by Gasteiger charge is 2.22. The average molecular weight is 251 g/mol. The molecule has 4 heteroatoms. The molecule has 2 heterocycles. The lowest BCUT2D eigenvalue weighted by molar-refractivity contribution is 0.163. The first-order chi connectivity index (χ1) is 8.72. The van der Waals surface area contributed by atoms with Crippen LogP contribution in [0.3, 0.4) is 0 Å². The van der Waals surface area contributed by atoms with Crippen molar-refractivity contribution in [3.63, 3.8) is 0 Å². The van der Waals surface area contributed by atoms with E-state index in [0.29, 0.717) is 12.6 Å². The maximum Gasteiger partial charge on any atom is 0.118 e. The Morgan fingerprint density at radius 1 is 1.33 bits per heavy atom. The van der Waals surface area contributed by atoms with Gasteiger partial charge in [-0.1, -0.05) is 6.92 Å². The Morgan fingerprint density at radius 3 is 2.78 bits per heavy atom. The lowest BCUT2D eigenvalue weighted by atomic mass is 10.2. The van der Waals surface area contributed by atoms with Gasteiger partial charge < -0.3 is 15.1 Å². The van der Waals surface area contributed by atoms with Crippen LogP contribution >= 0.6 is 0 Å². The molecule has 0 aromatic carbocycles. The minimum atomic E-state index is 0.486. The maximum atomic E-state index is 5.72. The van der Waals surface area contributed by atoms with Crippen molar-refractivity contribution in [2.75, 3.05) is 26.7 Å². The zero-order valence-corrected chi connectivity index (χ0v) is 11.6. The first-order valence-corrected chi connectivity index (χ1v) is 6.93. The molecule has 1 atom stereocenters. The summed E-state index contributed by atoms with van der Waals surface area (Å²) in [6.45, 7) is 7.16. The van der Waals surface area contributed by atoms with Crippen molar-refractivity contribution in [2.45, 2.75) is 38.9 Å². The molecule has 18 heavy (non-hydrogen) atoms. The molecular weight excluding hydrogens is 226 g/mol. The highest BCUT2D eigenvalue weighted by Crippen LogP contribution is 2.17. The van der Waals surface area contributed by atoms with Crippen LogP contribution in [0, 0.1) is 0 Å². The molecule has 0 spiro atoms. The molecule has 1 saturated heterocycles. The summed E-state index contributed by atoms with van der Waals surface area (Å²) in [7, 11) is 2.21. The third kappa shape index (κ3) is 3.34. The smallest absolute Gasteiger partial charge is 0.118 e. The zero-order valence-electron chi connectivity index (χ0n) is 11.6. The van der Waals surface area contributed by atoms with Gasteiger partial charge in [0.2, 0.25) is 0 Å². The normalized spacial score (nSPS) is 23.2. The molecule has 0 amide bonds. The third-order valence-corrected chi connectivity index (χ3v) is 3.77. The van der Waals surface area contributed by atoms with Crippen LogP contribution in [0.5, 0.6) is 0 Å². The number of likely N-dealkylation sites (N-methyl/N-ethyl adjacent to an activating group) is 1. The van der Waals surface area contributed by atoms with E-state index in [1.54, 1.807) is 0 Å². The standard InChI is InChI=1S/C14H25N3O/c1-3-12-10-16(2)7-4-8-17(12)11-14-6-5-13(9-15)18-14/h5-6,12H,3-4,7-11,15H2,1-2H3. The monoisotopic (exact) mass is 251 g/mol. The molecule has 1 aromatic heterocycles. The number of nitrogens with two attached hydrogens (primary N) is 1.